The lowest BCUT2D eigenvalue weighted by molar-refractivity contribution is -0.143. The third kappa shape index (κ3) is 5.20. The van der Waals surface area contributed by atoms with Crippen molar-refractivity contribution < 1.29 is 33.2 Å². The lowest BCUT2D eigenvalue weighted by atomic mass is 10.1. The molecule has 0 aliphatic rings. The number of pyridine rings is 1. The molecule has 0 bridgehead atoms. The van der Waals surface area contributed by atoms with Gasteiger partial charge in [-0.3, -0.25) is 0 Å². The highest BCUT2D eigenvalue weighted by Gasteiger charge is 2.24. The van der Waals surface area contributed by atoms with Crippen LogP contribution in [0, 0.1) is 0 Å². The topological polar surface area (TPSA) is 85.3 Å². The van der Waals surface area contributed by atoms with Crippen LogP contribution in [-0.2, 0) is 14.2 Å². The Balaban J connectivity index is 2.64. The zero-order chi connectivity index (χ0) is 22.1. The van der Waals surface area contributed by atoms with E-state index in [2.05, 4.69) is 4.98 Å². The fourth-order valence-corrected chi connectivity index (χ4v) is 2.93. The van der Waals surface area contributed by atoms with Crippen molar-refractivity contribution in [3.8, 4) is 28.5 Å². The van der Waals surface area contributed by atoms with Crippen LogP contribution in [0.1, 0.15) is 43.1 Å². The molecule has 1 aromatic carbocycles. The zero-order valence-electron chi connectivity index (χ0n) is 18.3. The van der Waals surface area contributed by atoms with Crippen molar-refractivity contribution in [2.24, 2.45) is 0 Å². The standard InChI is InChI=1S/C22H29NO7/c1-7-28-21(24)15-10-11-16(23-19(15)22(29-8-2)30-9-3)14-12-17(25-4)20(27-6)18(13-14)26-5/h10-13,22H,7-9H2,1-6H3. The summed E-state index contributed by atoms with van der Waals surface area (Å²) in [5.41, 5.74) is 1.94. The first-order chi connectivity index (χ1) is 14.5. The molecule has 1 aromatic heterocycles. The molecule has 0 saturated heterocycles. The van der Waals surface area contributed by atoms with Gasteiger partial charge in [0.05, 0.1) is 39.2 Å². The maximum Gasteiger partial charge on any atom is 0.340 e. The van der Waals surface area contributed by atoms with Crippen LogP contribution in [0.5, 0.6) is 17.2 Å². The normalized spacial score (nSPS) is 10.8. The molecule has 8 heteroatoms. The SMILES string of the molecule is CCOC(=O)c1ccc(-c2cc(OC)c(OC)c(OC)c2)nc1C(OCC)OCC. The summed E-state index contributed by atoms with van der Waals surface area (Å²) >= 11 is 0. The minimum Gasteiger partial charge on any atom is -0.493 e. The van der Waals surface area contributed by atoms with Gasteiger partial charge in [-0.25, -0.2) is 9.78 Å². The van der Waals surface area contributed by atoms with Gasteiger partial charge >= 0.3 is 5.97 Å². The van der Waals surface area contributed by atoms with E-state index in [9.17, 15) is 4.79 Å². The lowest BCUT2D eigenvalue weighted by Gasteiger charge is -2.20. The summed E-state index contributed by atoms with van der Waals surface area (Å²) in [5, 5.41) is 0. The molecule has 0 atom stereocenters. The second-order valence-corrected chi connectivity index (χ2v) is 6.01. The maximum atomic E-state index is 12.5. The number of nitrogens with zero attached hydrogens (tertiary/aromatic N) is 1. The minimum atomic E-state index is -0.804. The van der Waals surface area contributed by atoms with Crippen LogP contribution in [0.15, 0.2) is 24.3 Å². The van der Waals surface area contributed by atoms with E-state index >= 15 is 0 Å². The fraction of sp³-hybridized carbons (Fsp3) is 0.455. The van der Waals surface area contributed by atoms with Gasteiger partial charge in [-0.05, 0) is 45.0 Å². The summed E-state index contributed by atoms with van der Waals surface area (Å²) in [6, 6.07) is 6.96. The Morgan fingerprint density at radius 2 is 1.50 bits per heavy atom. The van der Waals surface area contributed by atoms with Gasteiger partial charge in [0.15, 0.2) is 11.5 Å². The van der Waals surface area contributed by atoms with Crippen LogP contribution in [-0.4, -0.2) is 52.1 Å². The Morgan fingerprint density at radius 1 is 0.900 bits per heavy atom. The first-order valence-corrected chi connectivity index (χ1v) is 9.76. The summed E-state index contributed by atoms with van der Waals surface area (Å²) in [5.74, 6) is 0.987. The Bertz CT molecular complexity index is 822. The summed E-state index contributed by atoms with van der Waals surface area (Å²) in [4.78, 5) is 17.2. The molecule has 2 aromatic rings. The van der Waals surface area contributed by atoms with Crippen molar-refractivity contribution in [2.45, 2.75) is 27.1 Å². The number of hydrogen-bond donors (Lipinski definition) is 0. The van der Waals surface area contributed by atoms with E-state index < -0.39 is 12.3 Å². The maximum absolute atomic E-state index is 12.5. The van der Waals surface area contributed by atoms with Crippen molar-refractivity contribution in [3.63, 3.8) is 0 Å². The molecule has 0 aliphatic carbocycles. The van der Waals surface area contributed by atoms with Crippen LogP contribution in [0.4, 0.5) is 0 Å². The van der Waals surface area contributed by atoms with E-state index in [0.717, 1.165) is 0 Å². The van der Waals surface area contributed by atoms with E-state index in [4.69, 9.17) is 28.4 Å². The molecule has 0 fully saturated rings. The number of carbonyl (C=O) groups is 1. The Labute approximate surface area is 177 Å². The van der Waals surface area contributed by atoms with E-state index in [-0.39, 0.29) is 6.61 Å². The number of methoxy groups -OCH3 is 3. The molecule has 0 spiro atoms. The van der Waals surface area contributed by atoms with Gasteiger partial charge < -0.3 is 28.4 Å². The third-order valence-electron chi connectivity index (χ3n) is 4.24. The van der Waals surface area contributed by atoms with Crippen molar-refractivity contribution in [1.82, 2.24) is 4.98 Å². The second-order valence-electron chi connectivity index (χ2n) is 6.01. The monoisotopic (exact) mass is 419 g/mol. The number of ether oxygens (including phenoxy) is 6. The molecule has 0 unspecified atom stereocenters. The summed E-state index contributed by atoms with van der Waals surface area (Å²) < 4.78 is 32.8. The molecule has 1 heterocycles. The summed E-state index contributed by atoms with van der Waals surface area (Å²) in [6.07, 6.45) is -0.804. The van der Waals surface area contributed by atoms with Gasteiger partial charge in [0.2, 0.25) is 12.0 Å². The van der Waals surface area contributed by atoms with Gasteiger partial charge in [0, 0.05) is 18.8 Å². The molecular weight excluding hydrogens is 390 g/mol. The molecule has 2 rings (SSSR count). The van der Waals surface area contributed by atoms with E-state index in [1.54, 1.807) is 52.5 Å². The highest BCUT2D eigenvalue weighted by atomic mass is 16.7. The predicted molar refractivity (Wildman–Crippen MR) is 111 cm³/mol. The molecule has 0 saturated carbocycles. The Kier molecular flexibility index (Phi) is 8.89. The number of aromatic nitrogens is 1. The zero-order valence-corrected chi connectivity index (χ0v) is 18.3. The van der Waals surface area contributed by atoms with Crippen LogP contribution >= 0.6 is 0 Å². The third-order valence-corrected chi connectivity index (χ3v) is 4.24. The molecule has 164 valence electrons. The smallest absolute Gasteiger partial charge is 0.340 e. The van der Waals surface area contributed by atoms with E-state index in [0.29, 0.717) is 53.0 Å². The average molecular weight is 419 g/mol. The first kappa shape index (κ1) is 23.4. The lowest BCUT2D eigenvalue weighted by Crippen LogP contribution is -2.17. The molecule has 8 nitrogen and oxygen atoms in total. The van der Waals surface area contributed by atoms with E-state index in [1.807, 2.05) is 13.8 Å². The van der Waals surface area contributed by atoms with Crippen LogP contribution in [0.25, 0.3) is 11.3 Å². The highest BCUT2D eigenvalue weighted by Crippen LogP contribution is 2.41. The Hall–Kier alpha value is -2.84. The predicted octanol–water partition coefficient (Wildman–Crippen LogP) is 4.02. The average Bonchev–Trinajstić information content (AvgIpc) is 2.77. The number of benzene rings is 1. The minimum absolute atomic E-state index is 0.251. The number of rotatable bonds is 11. The van der Waals surface area contributed by atoms with Crippen LogP contribution in [0.2, 0.25) is 0 Å². The Morgan fingerprint density at radius 3 is 1.97 bits per heavy atom. The summed E-state index contributed by atoms with van der Waals surface area (Å²) in [7, 11) is 4.63. The fourth-order valence-electron chi connectivity index (χ4n) is 2.93. The number of hydrogen-bond acceptors (Lipinski definition) is 8. The van der Waals surface area contributed by atoms with E-state index in [1.165, 1.54) is 0 Å². The molecule has 0 radical (unpaired) electrons. The van der Waals surface area contributed by atoms with Gasteiger partial charge in [0.1, 0.15) is 5.69 Å². The molecular formula is C22H29NO7. The van der Waals surface area contributed by atoms with Crippen LogP contribution < -0.4 is 14.2 Å². The van der Waals surface area contributed by atoms with Crippen molar-refractivity contribution in [1.29, 1.82) is 0 Å². The number of esters is 1. The van der Waals surface area contributed by atoms with Gasteiger partial charge in [-0.1, -0.05) is 0 Å². The van der Waals surface area contributed by atoms with Gasteiger partial charge in [0.25, 0.3) is 0 Å². The van der Waals surface area contributed by atoms with Gasteiger partial charge in [-0.15, -0.1) is 0 Å². The molecule has 0 aliphatic heterocycles. The number of carbonyl (C=O) groups excluding carboxylic acids is 1. The van der Waals surface area contributed by atoms with Crippen LogP contribution in [0.3, 0.4) is 0 Å². The van der Waals surface area contributed by atoms with Crippen molar-refractivity contribution in [3.05, 3.63) is 35.5 Å². The van der Waals surface area contributed by atoms with Crippen molar-refractivity contribution in [2.75, 3.05) is 41.2 Å². The van der Waals surface area contributed by atoms with Gasteiger partial charge in [-0.2, -0.15) is 0 Å². The molecule has 0 N–H and O–H groups in total. The summed E-state index contributed by atoms with van der Waals surface area (Å²) in [6.45, 7) is 6.48. The molecule has 30 heavy (non-hydrogen) atoms. The van der Waals surface area contributed by atoms with Crippen molar-refractivity contribution >= 4 is 5.97 Å². The highest BCUT2D eigenvalue weighted by molar-refractivity contribution is 5.91. The largest absolute Gasteiger partial charge is 0.493 e. The second kappa shape index (κ2) is 11.4. The quantitative estimate of drug-likeness (QED) is 0.399. The first-order valence-electron chi connectivity index (χ1n) is 9.76. The molecule has 0 amide bonds.